The number of rotatable bonds is 7. The molecule has 4 aliphatic rings. The van der Waals surface area contributed by atoms with Crippen molar-refractivity contribution in [1.29, 1.82) is 0 Å². The summed E-state index contributed by atoms with van der Waals surface area (Å²) in [7, 11) is 0. The Hall–Kier alpha value is -1.56. The van der Waals surface area contributed by atoms with Gasteiger partial charge in [-0.25, -0.2) is 0 Å². The second-order valence-corrected chi connectivity index (χ2v) is 12.3. The third-order valence-corrected chi connectivity index (χ3v) is 9.78. The molecule has 5 heteroatoms. The maximum absolute atomic E-state index is 10.2. The molecule has 194 valence electrons. The van der Waals surface area contributed by atoms with Crippen molar-refractivity contribution in [3.05, 3.63) is 41.6 Å². The fourth-order valence-electron chi connectivity index (χ4n) is 7.16. The summed E-state index contributed by atoms with van der Waals surface area (Å²) in [4.78, 5) is 8.00. The number of phenolic OH excluding ortho intramolecular Hbond substituents is 1. The largest absolute Gasteiger partial charge is 0.508 e. The van der Waals surface area contributed by atoms with E-state index in [1.54, 1.807) is 0 Å². The van der Waals surface area contributed by atoms with Gasteiger partial charge in [-0.2, -0.15) is 0 Å². The molecule has 0 amide bonds. The van der Waals surface area contributed by atoms with Crippen LogP contribution in [0.4, 0.5) is 0 Å². The van der Waals surface area contributed by atoms with Crippen molar-refractivity contribution in [2.75, 3.05) is 45.8 Å². The summed E-state index contributed by atoms with van der Waals surface area (Å²) >= 11 is 0. The molecule has 4 fully saturated rings. The number of phenols is 1. The normalized spacial score (nSPS) is 28.4. The first-order chi connectivity index (χ1) is 16.9. The first-order valence-electron chi connectivity index (χ1n) is 14.4. The number of hydrogen-bond donors (Lipinski definition) is 2. The van der Waals surface area contributed by atoms with E-state index >= 15 is 0 Å². The van der Waals surface area contributed by atoms with E-state index in [2.05, 4.69) is 33.4 Å². The summed E-state index contributed by atoms with van der Waals surface area (Å²) in [5.74, 6) is 1.24. The van der Waals surface area contributed by atoms with Gasteiger partial charge in [-0.3, -0.25) is 4.90 Å². The predicted molar refractivity (Wildman–Crippen MR) is 145 cm³/mol. The Labute approximate surface area is 213 Å². The Morgan fingerprint density at radius 2 is 1.83 bits per heavy atom. The van der Waals surface area contributed by atoms with Crippen molar-refractivity contribution in [2.45, 2.75) is 88.6 Å². The monoisotopic (exact) mass is 480 g/mol. The number of aryl methyl sites for hydroxylation is 1. The molecule has 5 nitrogen and oxygen atoms in total. The van der Waals surface area contributed by atoms with E-state index in [-0.39, 0.29) is 5.41 Å². The molecule has 1 aromatic carbocycles. The van der Waals surface area contributed by atoms with Crippen molar-refractivity contribution in [3.8, 4) is 5.75 Å². The van der Waals surface area contributed by atoms with Crippen molar-refractivity contribution >= 4 is 0 Å². The van der Waals surface area contributed by atoms with Gasteiger partial charge in [0.25, 0.3) is 0 Å². The van der Waals surface area contributed by atoms with Crippen molar-refractivity contribution < 1.29 is 5.11 Å². The molecule has 1 unspecified atom stereocenters. The van der Waals surface area contributed by atoms with Crippen LogP contribution in [0.1, 0.15) is 75.3 Å². The minimum Gasteiger partial charge on any atom is -0.508 e. The highest BCUT2D eigenvalue weighted by Gasteiger charge is 2.41. The van der Waals surface area contributed by atoms with Crippen molar-refractivity contribution in [3.63, 3.8) is 0 Å². The molecule has 1 atom stereocenters. The third-order valence-electron chi connectivity index (χ3n) is 9.78. The van der Waals surface area contributed by atoms with Crippen LogP contribution in [-0.4, -0.2) is 77.7 Å². The van der Waals surface area contributed by atoms with Crippen LogP contribution in [0.15, 0.2) is 30.5 Å². The highest BCUT2D eigenvalue weighted by molar-refractivity contribution is 5.39. The molecular formula is C30H48N4O. The molecule has 3 heterocycles. The average molecular weight is 481 g/mol. The highest BCUT2D eigenvalue weighted by atomic mass is 16.3. The smallest absolute Gasteiger partial charge is 0.118 e. The van der Waals surface area contributed by atoms with E-state index in [1.165, 1.54) is 88.9 Å². The fourth-order valence-corrected chi connectivity index (χ4v) is 7.16. The van der Waals surface area contributed by atoms with Gasteiger partial charge in [0, 0.05) is 62.5 Å². The van der Waals surface area contributed by atoms with Crippen molar-refractivity contribution in [2.24, 2.45) is 11.7 Å². The topological polar surface area (TPSA) is 56.0 Å². The summed E-state index contributed by atoms with van der Waals surface area (Å²) in [6.07, 6.45) is 12.7. The van der Waals surface area contributed by atoms with Crippen molar-refractivity contribution in [1.82, 2.24) is 14.7 Å². The van der Waals surface area contributed by atoms with E-state index in [0.717, 1.165) is 49.9 Å². The van der Waals surface area contributed by atoms with Crippen LogP contribution in [0.5, 0.6) is 5.75 Å². The Bertz CT molecular complexity index is 867. The molecule has 1 aromatic rings. The zero-order valence-electron chi connectivity index (χ0n) is 22.1. The minimum atomic E-state index is 0.136. The van der Waals surface area contributed by atoms with Crippen LogP contribution < -0.4 is 5.73 Å². The Morgan fingerprint density at radius 3 is 2.54 bits per heavy atom. The number of likely N-dealkylation sites (tertiary alicyclic amines) is 3. The van der Waals surface area contributed by atoms with E-state index < -0.39 is 0 Å². The number of piperidine rings is 2. The van der Waals surface area contributed by atoms with Gasteiger partial charge in [0.2, 0.25) is 0 Å². The first kappa shape index (κ1) is 25.1. The molecule has 35 heavy (non-hydrogen) atoms. The summed E-state index contributed by atoms with van der Waals surface area (Å²) in [6.45, 7) is 14.7. The summed E-state index contributed by atoms with van der Waals surface area (Å²) in [5.41, 5.74) is 10.0. The zero-order chi connectivity index (χ0) is 24.4. The van der Waals surface area contributed by atoms with E-state index in [0.29, 0.717) is 11.8 Å². The molecule has 0 radical (unpaired) electrons. The van der Waals surface area contributed by atoms with Crippen LogP contribution in [-0.2, 0) is 5.41 Å². The maximum atomic E-state index is 10.2. The standard InChI is InChI=1S/C30H48N4O/c1-23-18-26(8-9-29(23)35)30(13-10-24(2)34(22-30)19-25-6-4-3-5-7-25)14-17-32-20-28(21-32)33-15-11-27(31)12-16-33/h8-9,18,25,27-28,35H,2-7,10-17,19-22,31H2,1H3. The van der Waals surface area contributed by atoms with E-state index in [1.807, 2.05) is 13.0 Å². The van der Waals surface area contributed by atoms with Gasteiger partial charge in [0.05, 0.1) is 0 Å². The third kappa shape index (κ3) is 5.73. The quantitative estimate of drug-likeness (QED) is 0.596. The highest BCUT2D eigenvalue weighted by Crippen LogP contribution is 2.42. The minimum absolute atomic E-state index is 0.136. The van der Waals surface area contributed by atoms with Crippen LogP contribution in [0.25, 0.3) is 0 Å². The first-order valence-corrected chi connectivity index (χ1v) is 14.4. The number of benzene rings is 1. The Kier molecular flexibility index (Phi) is 7.76. The summed E-state index contributed by atoms with van der Waals surface area (Å²) in [5, 5.41) is 10.2. The van der Waals surface area contributed by atoms with Gasteiger partial charge in [-0.15, -0.1) is 0 Å². The summed E-state index contributed by atoms with van der Waals surface area (Å²) < 4.78 is 0. The SMILES string of the molecule is C=C1CCC(CCN2CC(N3CCC(N)CC3)C2)(c2ccc(O)c(C)c2)CN1CC1CCCCC1. The Balaban J connectivity index is 1.26. The molecule has 3 saturated heterocycles. The number of nitrogens with two attached hydrogens (primary N) is 1. The van der Waals surface area contributed by atoms with E-state index in [4.69, 9.17) is 5.73 Å². The molecule has 0 aromatic heterocycles. The maximum Gasteiger partial charge on any atom is 0.118 e. The average Bonchev–Trinajstić information content (AvgIpc) is 2.83. The van der Waals surface area contributed by atoms with Crippen LogP contribution in [0.2, 0.25) is 0 Å². The van der Waals surface area contributed by atoms with Crippen LogP contribution in [0.3, 0.4) is 0 Å². The molecule has 3 N–H and O–H groups in total. The molecule has 0 spiro atoms. The van der Waals surface area contributed by atoms with Crippen LogP contribution in [0, 0.1) is 12.8 Å². The molecule has 1 saturated carbocycles. The lowest BCUT2D eigenvalue weighted by Crippen LogP contribution is -2.62. The van der Waals surface area contributed by atoms with Gasteiger partial charge in [-0.1, -0.05) is 38.0 Å². The van der Waals surface area contributed by atoms with E-state index in [9.17, 15) is 5.11 Å². The lowest BCUT2D eigenvalue weighted by atomic mass is 9.70. The number of aromatic hydroxyl groups is 1. The lowest BCUT2D eigenvalue weighted by Gasteiger charge is -2.50. The molecule has 1 aliphatic carbocycles. The number of allylic oxidation sites excluding steroid dienone is 1. The van der Waals surface area contributed by atoms with Gasteiger partial charge >= 0.3 is 0 Å². The molecule has 3 aliphatic heterocycles. The fraction of sp³-hybridized carbons (Fsp3) is 0.733. The van der Waals surface area contributed by atoms with Gasteiger partial charge in [0.1, 0.15) is 5.75 Å². The number of hydrogen-bond acceptors (Lipinski definition) is 5. The Morgan fingerprint density at radius 1 is 1.09 bits per heavy atom. The predicted octanol–water partition coefficient (Wildman–Crippen LogP) is 4.63. The van der Waals surface area contributed by atoms with Gasteiger partial charge in [-0.05, 0) is 81.5 Å². The molecule has 5 rings (SSSR count). The second-order valence-electron chi connectivity index (χ2n) is 12.3. The lowest BCUT2D eigenvalue weighted by molar-refractivity contribution is 0.0136. The number of nitrogens with zero attached hydrogens (tertiary/aromatic N) is 3. The van der Waals surface area contributed by atoms with Gasteiger partial charge in [0.15, 0.2) is 0 Å². The molecule has 0 bridgehead atoms. The summed E-state index contributed by atoms with van der Waals surface area (Å²) in [6, 6.07) is 7.52. The zero-order valence-corrected chi connectivity index (χ0v) is 22.1. The molecular weight excluding hydrogens is 432 g/mol. The second kappa shape index (κ2) is 10.8. The van der Waals surface area contributed by atoms with Gasteiger partial charge < -0.3 is 20.6 Å². The van der Waals surface area contributed by atoms with Crippen LogP contribution >= 0.6 is 0 Å².